The van der Waals surface area contributed by atoms with Crippen molar-refractivity contribution in [2.75, 3.05) is 20.6 Å². The third-order valence-corrected chi connectivity index (χ3v) is 3.70. The zero-order valence-corrected chi connectivity index (χ0v) is 13.3. The molecule has 114 valence electrons. The Kier molecular flexibility index (Phi) is 5.02. The molecular weight excluding hydrogens is 264 g/mol. The lowest BCUT2D eigenvalue weighted by Gasteiger charge is -2.11. The van der Waals surface area contributed by atoms with Gasteiger partial charge in [-0.05, 0) is 45.5 Å². The molecule has 1 heterocycles. The van der Waals surface area contributed by atoms with Crippen molar-refractivity contribution in [2.45, 2.75) is 32.8 Å². The molecule has 4 heteroatoms. The van der Waals surface area contributed by atoms with Crippen molar-refractivity contribution in [3.05, 3.63) is 36.0 Å². The lowest BCUT2D eigenvalue weighted by molar-refractivity contribution is 0.107. The first-order valence-corrected chi connectivity index (χ1v) is 7.47. The fraction of sp³-hybridized carbons (Fsp3) is 0.471. The molecule has 0 spiro atoms. The molecule has 0 saturated heterocycles. The van der Waals surface area contributed by atoms with Gasteiger partial charge in [0.1, 0.15) is 6.10 Å². The van der Waals surface area contributed by atoms with Gasteiger partial charge in [0.2, 0.25) is 0 Å². The fourth-order valence-electron chi connectivity index (χ4n) is 2.26. The van der Waals surface area contributed by atoms with Crippen LogP contribution in [0.3, 0.4) is 0 Å². The van der Waals surface area contributed by atoms with E-state index in [0.717, 1.165) is 30.3 Å². The normalized spacial score (nSPS) is 12.8. The monoisotopic (exact) mass is 288 g/mol. The topological polar surface area (TPSA) is 34.5 Å². The van der Waals surface area contributed by atoms with Crippen molar-refractivity contribution in [1.29, 1.82) is 0 Å². The Labute approximate surface area is 126 Å². The van der Waals surface area contributed by atoms with Crippen LogP contribution in [-0.4, -0.2) is 42.3 Å². The van der Waals surface area contributed by atoms with Gasteiger partial charge in [0, 0.05) is 18.1 Å². The fourth-order valence-corrected chi connectivity index (χ4v) is 2.26. The molecule has 1 aromatic heterocycles. The Hall–Kier alpha value is -1.81. The highest BCUT2D eigenvalue weighted by atomic mass is 16.6. The molecule has 0 fully saturated rings. The molecule has 1 atom stereocenters. The number of para-hydroxylation sites is 1. The zero-order chi connectivity index (χ0) is 15.4. The van der Waals surface area contributed by atoms with E-state index in [2.05, 4.69) is 25.1 Å². The van der Waals surface area contributed by atoms with Crippen molar-refractivity contribution in [2.24, 2.45) is 0 Å². The van der Waals surface area contributed by atoms with Crippen LogP contribution < -0.4 is 0 Å². The number of hydrogen-bond acceptors (Lipinski definition) is 3. The smallest absolute Gasteiger partial charge is 0.418 e. The Morgan fingerprint density at radius 2 is 2.05 bits per heavy atom. The van der Waals surface area contributed by atoms with E-state index in [-0.39, 0.29) is 12.2 Å². The number of benzene rings is 1. The number of likely N-dealkylation sites (N-methyl/N-ethyl adjacent to an activating group) is 1. The van der Waals surface area contributed by atoms with Gasteiger partial charge in [0.15, 0.2) is 0 Å². The molecule has 0 radical (unpaired) electrons. The third-order valence-electron chi connectivity index (χ3n) is 3.70. The predicted octanol–water partition coefficient (Wildman–Crippen LogP) is 3.53. The van der Waals surface area contributed by atoms with Crippen LogP contribution in [0.4, 0.5) is 4.79 Å². The number of nitrogens with zero attached hydrogens (tertiary/aromatic N) is 2. The first-order valence-electron chi connectivity index (χ1n) is 7.47. The first-order chi connectivity index (χ1) is 10.0. The summed E-state index contributed by atoms with van der Waals surface area (Å²) in [7, 11) is 4.10. The van der Waals surface area contributed by atoms with E-state index in [0.29, 0.717) is 0 Å². The highest BCUT2D eigenvalue weighted by Gasteiger charge is 2.16. The number of ether oxygens (including phenoxy) is 1. The van der Waals surface area contributed by atoms with Gasteiger partial charge in [-0.2, -0.15) is 0 Å². The van der Waals surface area contributed by atoms with E-state index < -0.39 is 0 Å². The summed E-state index contributed by atoms with van der Waals surface area (Å²) >= 11 is 0. The van der Waals surface area contributed by atoms with Gasteiger partial charge < -0.3 is 9.64 Å². The standard InChI is InChI=1S/C17H24N2O2/c1-5-13(2)21-17(20)19-12-14(10-11-18(3)4)15-8-6-7-9-16(15)19/h6-9,12-13H,5,10-11H2,1-4H3. The van der Waals surface area contributed by atoms with Crippen LogP contribution in [0.15, 0.2) is 30.5 Å². The molecule has 0 aliphatic carbocycles. The van der Waals surface area contributed by atoms with Crippen molar-refractivity contribution < 1.29 is 9.53 Å². The Morgan fingerprint density at radius 3 is 2.71 bits per heavy atom. The molecule has 0 bridgehead atoms. The zero-order valence-electron chi connectivity index (χ0n) is 13.3. The minimum absolute atomic E-state index is 0.0658. The van der Waals surface area contributed by atoms with Crippen LogP contribution in [0.5, 0.6) is 0 Å². The van der Waals surface area contributed by atoms with E-state index in [1.807, 2.05) is 38.2 Å². The largest absolute Gasteiger partial charge is 0.446 e. The van der Waals surface area contributed by atoms with Gasteiger partial charge in [0.05, 0.1) is 5.52 Å². The van der Waals surface area contributed by atoms with Gasteiger partial charge in [-0.25, -0.2) is 4.79 Å². The first kappa shape index (κ1) is 15.6. The van der Waals surface area contributed by atoms with Crippen molar-refractivity contribution >= 4 is 17.0 Å². The second-order valence-corrected chi connectivity index (χ2v) is 5.70. The number of carbonyl (C=O) groups is 1. The second-order valence-electron chi connectivity index (χ2n) is 5.70. The number of aromatic nitrogens is 1. The van der Waals surface area contributed by atoms with Crippen LogP contribution in [0.25, 0.3) is 10.9 Å². The van der Waals surface area contributed by atoms with Gasteiger partial charge in [-0.1, -0.05) is 25.1 Å². The van der Waals surface area contributed by atoms with Crippen LogP contribution >= 0.6 is 0 Å². The van der Waals surface area contributed by atoms with Gasteiger partial charge in [0.25, 0.3) is 0 Å². The minimum Gasteiger partial charge on any atom is -0.446 e. The van der Waals surface area contributed by atoms with E-state index >= 15 is 0 Å². The maximum absolute atomic E-state index is 12.3. The number of hydrogen-bond donors (Lipinski definition) is 0. The number of carbonyl (C=O) groups excluding carboxylic acids is 1. The summed E-state index contributed by atoms with van der Waals surface area (Å²) in [6, 6.07) is 7.98. The molecule has 0 aliphatic rings. The molecule has 0 amide bonds. The molecule has 1 unspecified atom stereocenters. The van der Waals surface area contributed by atoms with Crippen molar-refractivity contribution in [3.63, 3.8) is 0 Å². The average molecular weight is 288 g/mol. The van der Waals surface area contributed by atoms with Gasteiger partial charge in [-0.15, -0.1) is 0 Å². The SMILES string of the molecule is CCC(C)OC(=O)n1cc(CCN(C)C)c2ccccc21. The van der Waals surface area contributed by atoms with E-state index in [4.69, 9.17) is 4.74 Å². The van der Waals surface area contributed by atoms with Gasteiger partial charge >= 0.3 is 6.09 Å². The molecular formula is C17H24N2O2. The van der Waals surface area contributed by atoms with Crippen molar-refractivity contribution in [3.8, 4) is 0 Å². The Balaban J connectivity index is 2.33. The van der Waals surface area contributed by atoms with E-state index in [1.165, 1.54) is 5.56 Å². The van der Waals surface area contributed by atoms with Gasteiger partial charge in [-0.3, -0.25) is 4.57 Å². The molecule has 2 aromatic rings. The summed E-state index contributed by atoms with van der Waals surface area (Å²) in [6.45, 7) is 4.87. The lowest BCUT2D eigenvalue weighted by atomic mass is 10.1. The van der Waals surface area contributed by atoms with Crippen LogP contribution in [0.2, 0.25) is 0 Å². The Bertz CT molecular complexity index is 616. The summed E-state index contributed by atoms with van der Waals surface area (Å²) in [6.07, 6.45) is 3.29. The predicted molar refractivity (Wildman–Crippen MR) is 85.8 cm³/mol. The summed E-state index contributed by atoms with van der Waals surface area (Å²) in [5.41, 5.74) is 2.10. The van der Waals surface area contributed by atoms with Crippen LogP contribution in [0, 0.1) is 0 Å². The highest BCUT2D eigenvalue weighted by molar-refractivity contribution is 5.92. The summed E-state index contributed by atoms with van der Waals surface area (Å²) in [5, 5.41) is 1.13. The molecule has 1 aromatic carbocycles. The number of fused-ring (bicyclic) bond motifs is 1. The maximum Gasteiger partial charge on any atom is 0.418 e. The quantitative estimate of drug-likeness (QED) is 0.844. The third kappa shape index (κ3) is 3.64. The number of rotatable bonds is 5. The molecule has 4 nitrogen and oxygen atoms in total. The molecule has 21 heavy (non-hydrogen) atoms. The van der Waals surface area contributed by atoms with Crippen LogP contribution in [0.1, 0.15) is 25.8 Å². The summed E-state index contributed by atoms with van der Waals surface area (Å²) in [5.74, 6) is 0. The van der Waals surface area contributed by atoms with Crippen LogP contribution in [-0.2, 0) is 11.2 Å². The highest BCUT2D eigenvalue weighted by Crippen LogP contribution is 2.22. The lowest BCUT2D eigenvalue weighted by Crippen LogP contribution is -2.19. The average Bonchev–Trinajstić information content (AvgIpc) is 2.84. The molecule has 0 saturated carbocycles. The van der Waals surface area contributed by atoms with Crippen molar-refractivity contribution in [1.82, 2.24) is 9.47 Å². The summed E-state index contributed by atoms with van der Waals surface area (Å²) in [4.78, 5) is 14.5. The Morgan fingerprint density at radius 1 is 1.33 bits per heavy atom. The molecule has 0 aliphatic heterocycles. The maximum atomic E-state index is 12.3. The van der Waals surface area contributed by atoms with E-state index in [1.54, 1.807) is 4.57 Å². The van der Waals surface area contributed by atoms with E-state index in [9.17, 15) is 4.79 Å². The molecule has 0 N–H and O–H groups in total. The minimum atomic E-state index is -0.295. The summed E-state index contributed by atoms with van der Waals surface area (Å²) < 4.78 is 7.08. The second kappa shape index (κ2) is 6.76. The molecule has 2 rings (SSSR count).